The van der Waals surface area contributed by atoms with Crippen molar-refractivity contribution in [3.8, 4) is 0 Å². The van der Waals surface area contributed by atoms with E-state index in [9.17, 15) is 9.59 Å². The number of rotatable bonds is 5. The number of nitrogens with zero attached hydrogens (tertiary/aromatic N) is 1. The normalized spacial score (nSPS) is 25.9. The first-order chi connectivity index (χ1) is 7.90. The van der Waals surface area contributed by atoms with Crippen LogP contribution in [0.15, 0.2) is 0 Å². The average Bonchev–Trinajstić information content (AvgIpc) is 2.69. The van der Waals surface area contributed by atoms with E-state index in [1.807, 2.05) is 13.8 Å². The highest BCUT2D eigenvalue weighted by molar-refractivity contribution is 5.84. The molecule has 0 spiro atoms. The van der Waals surface area contributed by atoms with Crippen LogP contribution in [-0.2, 0) is 9.59 Å². The van der Waals surface area contributed by atoms with Gasteiger partial charge in [-0.2, -0.15) is 0 Å². The summed E-state index contributed by atoms with van der Waals surface area (Å²) >= 11 is 0. The molecule has 0 radical (unpaired) electrons. The molecule has 0 saturated carbocycles. The molecule has 1 saturated heterocycles. The van der Waals surface area contributed by atoms with Crippen molar-refractivity contribution in [1.82, 2.24) is 4.90 Å². The van der Waals surface area contributed by atoms with Gasteiger partial charge in [0.2, 0.25) is 11.8 Å². The van der Waals surface area contributed by atoms with E-state index in [-0.39, 0.29) is 17.7 Å². The van der Waals surface area contributed by atoms with Crippen LogP contribution in [0, 0.1) is 11.3 Å². The number of carbonyl (C=O) groups is 2. The highest BCUT2D eigenvalue weighted by Crippen LogP contribution is 2.30. The van der Waals surface area contributed by atoms with E-state index < -0.39 is 5.41 Å². The predicted octanol–water partition coefficient (Wildman–Crippen LogP) is 0.0853. The zero-order valence-electron chi connectivity index (χ0n) is 10.7. The first-order valence-corrected chi connectivity index (χ1v) is 6.19. The van der Waals surface area contributed by atoms with Crippen LogP contribution in [0.4, 0.5) is 0 Å². The molecule has 0 aromatic carbocycles. The number of nitrogens with two attached hydrogens (primary N) is 2. The van der Waals surface area contributed by atoms with E-state index in [0.717, 1.165) is 12.8 Å². The summed E-state index contributed by atoms with van der Waals surface area (Å²) in [6, 6.07) is 0. The van der Waals surface area contributed by atoms with Gasteiger partial charge in [0.05, 0.1) is 5.41 Å². The van der Waals surface area contributed by atoms with Crippen LogP contribution in [0.2, 0.25) is 0 Å². The van der Waals surface area contributed by atoms with E-state index in [1.54, 1.807) is 4.90 Å². The van der Waals surface area contributed by atoms with Gasteiger partial charge in [0.15, 0.2) is 0 Å². The number of hydrogen-bond acceptors (Lipinski definition) is 3. The monoisotopic (exact) mass is 241 g/mol. The van der Waals surface area contributed by atoms with Gasteiger partial charge in [0.25, 0.3) is 0 Å². The smallest absolute Gasteiger partial charge is 0.225 e. The Morgan fingerprint density at radius 1 is 1.47 bits per heavy atom. The van der Waals surface area contributed by atoms with Crippen molar-refractivity contribution in [3.05, 3.63) is 0 Å². The molecule has 1 rings (SSSR count). The van der Waals surface area contributed by atoms with Crippen molar-refractivity contribution in [1.29, 1.82) is 0 Å². The first-order valence-electron chi connectivity index (χ1n) is 6.19. The summed E-state index contributed by atoms with van der Waals surface area (Å²) in [5.41, 5.74) is 10.2. The Hall–Kier alpha value is -1.10. The van der Waals surface area contributed by atoms with Gasteiger partial charge >= 0.3 is 0 Å². The van der Waals surface area contributed by atoms with Crippen LogP contribution in [0.1, 0.15) is 33.1 Å². The lowest BCUT2D eigenvalue weighted by Crippen LogP contribution is -2.40. The lowest BCUT2D eigenvalue weighted by Gasteiger charge is -2.23. The molecule has 0 aliphatic carbocycles. The molecule has 0 aromatic heterocycles. The summed E-state index contributed by atoms with van der Waals surface area (Å²) in [5.74, 6) is -0.223. The van der Waals surface area contributed by atoms with Gasteiger partial charge in [0.1, 0.15) is 0 Å². The van der Waals surface area contributed by atoms with E-state index in [2.05, 4.69) is 0 Å². The molecule has 5 nitrogen and oxygen atoms in total. The molecule has 98 valence electrons. The fourth-order valence-electron chi connectivity index (χ4n) is 2.21. The van der Waals surface area contributed by atoms with E-state index >= 15 is 0 Å². The second-order valence-corrected chi connectivity index (χ2v) is 5.27. The largest absolute Gasteiger partial charge is 0.369 e. The summed E-state index contributed by atoms with van der Waals surface area (Å²) in [5, 5.41) is 0. The lowest BCUT2D eigenvalue weighted by atomic mass is 9.89. The fourth-order valence-corrected chi connectivity index (χ4v) is 2.21. The fraction of sp³-hybridized carbons (Fsp3) is 0.833. The number of likely N-dealkylation sites (tertiary alicyclic amines) is 1. The Bertz CT molecular complexity index is 306. The molecule has 0 bridgehead atoms. The Morgan fingerprint density at radius 3 is 2.59 bits per heavy atom. The molecule has 0 aromatic rings. The standard InChI is InChI=1S/C12H23N3O2/c1-9(4-3-6-13)10(16)15-7-5-12(2,8-15)11(14)17/h9H,3-8,13H2,1-2H3,(H2,14,17). The topological polar surface area (TPSA) is 89.4 Å². The second kappa shape index (κ2) is 5.49. The van der Waals surface area contributed by atoms with Gasteiger partial charge in [-0.05, 0) is 32.7 Å². The first kappa shape index (κ1) is 14.0. The van der Waals surface area contributed by atoms with Crippen LogP contribution >= 0.6 is 0 Å². The van der Waals surface area contributed by atoms with E-state index in [4.69, 9.17) is 11.5 Å². The molecular formula is C12H23N3O2. The molecule has 1 aliphatic rings. The van der Waals surface area contributed by atoms with Gasteiger partial charge in [-0.15, -0.1) is 0 Å². The summed E-state index contributed by atoms with van der Waals surface area (Å²) < 4.78 is 0. The molecule has 5 heteroatoms. The number of carbonyl (C=O) groups excluding carboxylic acids is 2. The van der Waals surface area contributed by atoms with E-state index in [1.165, 1.54) is 0 Å². The summed E-state index contributed by atoms with van der Waals surface area (Å²) in [6.45, 7) is 5.43. The zero-order valence-corrected chi connectivity index (χ0v) is 10.7. The molecule has 1 fully saturated rings. The van der Waals surface area contributed by atoms with Gasteiger partial charge in [-0.1, -0.05) is 6.92 Å². The number of hydrogen-bond donors (Lipinski definition) is 2. The predicted molar refractivity (Wildman–Crippen MR) is 66.0 cm³/mol. The quantitative estimate of drug-likeness (QED) is 0.714. The van der Waals surface area contributed by atoms with Gasteiger partial charge < -0.3 is 16.4 Å². The maximum absolute atomic E-state index is 12.1. The molecule has 1 heterocycles. The van der Waals surface area contributed by atoms with Crippen LogP contribution in [0.25, 0.3) is 0 Å². The summed E-state index contributed by atoms with van der Waals surface area (Å²) in [7, 11) is 0. The van der Waals surface area contributed by atoms with Crippen molar-refractivity contribution in [2.24, 2.45) is 22.8 Å². The highest BCUT2D eigenvalue weighted by atomic mass is 16.2. The maximum atomic E-state index is 12.1. The van der Waals surface area contributed by atoms with Crippen molar-refractivity contribution in [2.45, 2.75) is 33.1 Å². The molecule has 17 heavy (non-hydrogen) atoms. The van der Waals surface area contributed by atoms with Crippen LogP contribution in [-0.4, -0.2) is 36.3 Å². The molecule has 4 N–H and O–H groups in total. The van der Waals surface area contributed by atoms with Crippen molar-refractivity contribution >= 4 is 11.8 Å². The number of primary amides is 1. The van der Waals surface area contributed by atoms with E-state index in [0.29, 0.717) is 26.1 Å². The average molecular weight is 241 g/mol. The van der Waals surface area contributed by atoms with Crippen molar-refractivity contribution < 1.29 is 9.59 Å². The Kier molecular flexibility index (Phi) is 4.51. The van der Waals surface area contributed by atoms with Crippen molar-refractivity contribution in [2.75, 3.05) is 19.6 Å². The highest BCUT2D eigenvalue weighted by Gasteiger charge is 2.41. The minimum Gasteiger partial charge on any atom is -0.369 e. The third-order valence-corrected chi connectivity index (χ3v) is 3.64. The van der Waals surface area contributed by atoms with Gasteiger partial charge in [-0.3, -0.25) is 9.59 Å². The number of amides is 2. The lowest BCUT2D eigenvalue weighted by molar-refractivity contribution is -0.135. The molecule has 2 amide bonds. The molecule has 1 aliphatic heterocycles. The van der Waals surface area contributed by atoms with Crippen LogP contribution in [0.3, 0.4) is 0 Å². The van der Waals surface area contributed by atoms with Gasteiger partial charge in [0, 0.05) is 19.0 Å². The summed E-state index contributed by atoms with van der Waals surface area (Å²) in [4.78, 5) is 25.2. The minimum absolute atomic E-state index is 0.0197. The molecule has 2 unspecified atom stereocenters. The molecule has 2 atom stereocenters. The Balaban J connectivity index is 2.53. The van der Waals surface area contributed by atoms with Crippen LogP contribution < -0.4 is 11.5 Å². The third-order valence-electron chi connectivity index (χ3n) is 3.64. The summed E-state index contributed by atoms with van der Waals surface area (Å²) in [6.07, 6.45) is 2.32. The second-order valence-electron chi connectivity index (χ2n) is 5.27. The maximum Gasteiger partial charge on any atom is 0.225 e. The van der Waals surface area contributed by atoms with Crippen LogP contribution in [0.5, 0.6) is 0 Å². The Morgan fingerprint density at radius 2 is 2.12 bits per heavy atom. The molecular weight excluding hydrogens is 218 g/mol. The Labute approximate surface area is 103 Å². The zero-order chi connectivity index (χ0) is 13.1. The third kappa shape index (κ3) is 3.19. The minimum atomic E-state index is -0.552. The SMILES string of the molecule is CC(CCCN)C(=O)N1CCC(C)(C(N)=O)C1. The van der Waals surface area contributed by atoms with Crippen molar-refractivity contribution in [3.63, 3.8) is 0 Å². The van der Waals surface area contributed by atoms with Gasteiger partial charge in [-0.25, -0.2) is 0 Å².